The number of Topliss-reactive ketones (excluding diaryl/α,β-unsaturated/α-hetero) is 1. The van der Waals surface area contributed by atoms with Gasteiger partial charge in [0.05, 0.1) is 12.7 Å². The first kappa shape index (κ1) is 19.0. The highest BCUT2D eigenvalue weighted by Gasteiger charge is 2.29. The number of rotatable bonds is 2. The van der Waals surface area contributed by atoms with Crippen molar-refractivity contribution in [2.75, 3.05) is 20.2 Å². The van der Waals surface area contributed by atoms with Crippen molar-refractivity contribution in [3.63, 3.8) is 0 Å². The summed E-state index contributed by atoms with van der Waals surface area (Å²) >= 11 is 0. The number of hydrogen-bond acceptors (Lipinski definition) is 5. The van der Waals surface area contributed by atoms with Crippen LogP contribution >= 0.6 is 0 Å². The molecule has 1 atom stereocenters. The molecule has 1 saturated heterocycles. The maximum atomic E-state index is 12.5. The van der Waals surface area contributed by atoms with Crippen LogP contribution in [0.15, 0.2) is 24.3 Å². The van der Waals surface area contributed by atoms with Crippen molar-refractivity contribution < 1.29 is 23.9 Å². The van der Waals surface area contributed by atoms with Gasteiger partial charge in [0, 0.05) is 25.4 Å². The summed E-state index contributed by atoms with van der Waals surface area (Å²) in [6.07, 6.45) is 0.445. The third kappa shape index (κ3) is 5.05. The van der Waals surface area contributed by atoms with Gasteiger partial charge in [-0.2, -0.15) is 0 Å². The molecule has 1 aliphatic heterocycles. The van der Waals surface area contributed by atoms with E-state index in [1.165, 1.54) is 7.11 Å². The van der Waals surface area contributed by atoms with Crippen LogP contribution in [-0.2, 0) is 14.3 Å². The van der Waals surface area contributed by atoms with Crippen LogP contribution in [0, 0.1) is 0 Å². The van der Waals surface area contributed by atoms with Gasteiger partial charge in [-0.3, -0.25) is 4.79 Å². The lowest BCUT2D eigenvalue weighted by atomic mass is 9.90. The molecule has 136 valence electrons. The number of likely N-dealkylation sites (tertiary alicyclic amines) is 1. The number of carbonyl (C=O) groups excluding carboxylic acids is 3. The van der Waals surface area contributed by atoms with Crippen LogP contribution in [0.25, 0.3) is 0 Å². The van der Waals surface area contributed by atoms with E-state index in [9.17, 15) is 14.4 Å². The number of nitrogens with zero attached hydrogens (tertiary/aromatic N) is 1. The van der Waals surface area contributed by atoms with Crippen molar-refractivity contribution in [1.82, 2.24) is 4.90 Å². The van der Waals surface area contributed by atoms with Gasteiger partial charge >= 0.3 is 12.1 Å². The number of ketones is 1. The molecule has 0 bridgehead atoms. The Kier molecular flexibility index (Phi) is 5.82. The molecule has 0 radical (unpaired) electrons. The molecule has 0 spiro atoms. The number of esters is 1. The quantitative estimate of drug-likeness (QED) is 0.769. The Morgan fingerprint density at radius 3 is 2.32 bits per heavy atom. The highest BCUT2D eigenvalue weighted by Crippen LogP contribution is 2.26. The van der Waals surface area contributed by atoms with Crippen LogP contribution in [0.2, 0.25) is 0 Å². The minimum absolute atomic E-state index is 0.0943. The van der Waals surface area contributed by atoms with E-state index >= 15 is 0 Å². The number of amides is 1. The molecule has 1 amide bonds. The number of ether oxygens (including phenoxy) is 2. The molecule has 1 aliphatic rings. The van der Waals surface area contributed by atoms with Crippen molar-refractivity contribution in [3.8, 4) is 0 Å². The second kappa shape index (κ2) is 7.68. The van der Waals surface area contributed by atoms with Gasteiger partial charge in [0.1, 0.15) is 11.4 Å². The molecule has 6 nitrogen and oxygen atoms in total. The Balaban J connectivity index is 2.07. The van der Waals surface area contributed by atoms with E-state index in [1.807, 2.05) is 20.8 Å². The first-order valence-corrected chi connectivity index (χ1v) is 8.40. The Labute approximate surface area is 148 Å². The van der Waals surface area contributed by atoms with Crippen LogP contribution in [-0.4, -0.2) is 48.5 Å². The Morgan fingerprint density at radius 2 is 1.76 bits per heavy atom. The highest BCUT2D eigenvalue weighted by atomic mass is 16.6. The SMILES string of the molecule is COC(=O)c1ccc(C2CCN(C(=O)OC(C)(C)C)CCC2=O)cc1. The predicted octanol–water partition coefficient (Wildman–Crippen LogP) is 3.16. The van der Waals surface area contributed by atoms with E-state index in [0.717, 1.165) is 5.56 Å². The average Bonchev–Trinajstić information content (AvgIpc) is 2.74. The van der Waals surface area contributed by atoms with Gasteiger partial charge in [0.2, 0.25) is 0 Å². The van der Waals surface area contributed by atoms with Gasteiger partial charge in [-0.25, -0.2) is 9.59 Å². The molecule has 0 N–H and O–H groups in total. The second-order valence-electron chi connectivity index (χ2n) is 7.14. The molecular formula is C19H25NO5. The number of benzene rings is 1. The smallest absolute Gasteiger partial charge is 0.410 e. The number of carbonyl (C=O) groups is 3. The molecule has 1 heterocycles. The molecule has 2 rings (SSSR count). The zero-order valence-corrected chi connectivity index (χ0v) is 15.2. The van der Waals surface area contributed by atoms with Gasteiger partial charge in [-0.05, 0) is 44.9 Å². The van der Waals surface area contributed by atoms with E-state index < -0.39 is 11.6 Å². The zero-order chi connectivity index (χ0) is 18.6. The van der Waals surface area contributed by atoms with Crippen LogP contribution in [0.3, 0.4) is 0 Å². The molecular weight excluding hydrogens is 322 g/mol. The summed E-state index contributed by atoms with van der Waals surface area (Å²) in [6, 6.07) is 6.87. The minimum atomic E-state index is -0.559. The number of methoxy groups -OCH3 is 1. The maximum absolute atomic E-state index is 12.5. The molecule has 1 fully saturated rings. The molecule has 1 aromatic rings. The van der Waals surface area contributed by atoms with E-state index in [1.54, 1.807) is 29.2 Å². The van der Waals surface area contributed by atoms with E-state index in [4.69, 9.17) is 4.74 Å². The molecule has 6 heteroatoms. The summed E-state index contributed by atoms with van der Waals surface area (Å²) < 4.78 is 10.1. The first-order chi connectivity index (χ1) is 11.7. The van der Waals surface area contributed by atoms with Gasteiger partial charge in [-0.15, -0.1) is 0 Å². The van der Waals surface area contributed by atoms with Gasteiger partial charge in [0.25, 0.3) is 0 Å². The largest absolute Gasteiger partial charge is 0.465 e. The van der Waals surface area contributed by atoms with Crippen molar-refractivity contribution in [1.29, 1.82) is 0 Å². The van der Waals surface area contributed by atoms with Crippen LogP contribution in [0.1, 0.15) is 55.5 Å². The first-order valence-electron chi connectivity index (χ1n) is 8.40. The summed E-state index contributed by atoms with van der Waals surface area (Å²) in [4.78, 5) is 37.8. The molecule has 0 aliphatic carbocycles. The van der Waals surface area contributed by atoms with E-state index in [-0.39, 0.29) is 17.8 Å². The minimum Gasteiger partial charge on any atom is -0.465 e. The fourth-order valence-corrected chi connectivity index (χ4v) is 2.81. The highest BCUT2D eigenvalue weighted by molar-refractivity contribution is 5.90. The van der Waals surface area contributed by atoms with E-state index in [2.05, 4.69) is 4.74 Å². The molecule has 1 unspecified atom stereocenters. The summed E-state index contributed by atoms with van der Waals surface area (Å²) in [5.74, 6) is -0.592. The summed E-state index contributed by atoms with van der Waals surface area (Å²) in [5, 5.41) is 0. The Hall–Kier alpha value is -2.37. The Morgan fingerprint density at radius 1 is 1.12 bits per heavy atom. The fourth-order valence-electron chi connectivity index (χ4n) is 2.81. The average molecular weight is 347 g/mol. The topological polar surface area (TPSA) is 72.9 Å². The molecule has 0 aromatic heterocycles. The lowest BCUT2D eigenvalue weighted by Crippen LogP contribution is -2.37. The van der Waals surface area contributed by atoms with Gasteiger partial charge in [0.15, 0.2) is 0 Å². The standard InChI is InChI=1S/C19H25NO5/c1-19(2,3)25-18(23)20-11-9-15(16(21)10-12-20)13-5-7-14(8-6-13)17(22)24-4/h5-8,15H,9-12H2,1-4H3. The van der Waals surface area contributed by atoms with Gasteiger partial charge in [-0.1, -0.05) is 12.1 Å². The molecule has 1 aromatic carbocycles. The van der Waals surface area contributed by atoms with Gasteiger partial charge < -0.3 is 14.4 Å². The summed E-state index contributed by atoms with van der Waals surface area (Å²) in [5.41, 5.74) is 0.739. The zero-order valence-electron chi connectivity index (χ0n) is 15.2. The van der Waals surface area contributed by atoms with Crippen molar-refractivity contribution in [2.24, 2.45) is 0 Å². The number of hydrogen-bond donors (Lipinski definition) is 0. The monoisotopic (exact) mass is 347 g/mol. The normalized spacial score (nSPS) is 18.5. The lowest BCUT2D eigenvalue weighted by Gasteiger charge is -2.26. The van der Waals surface area contributed by atoms with Crippen LogP contribution in [0.4, 0.5) is 4.79 Å². The second-order valence-corrected chi connectivity index (χ2v) is 7.14. The predicted molar refractivity (Wildman–Crippen MR) is 92.6 cm³/mol. The maximum Gasteiger partial charge on any atom is 0.410 e. The summed E-state index contributed by atoms with van der Waals surface area (Å²) in [7, 11) is 1.33. The van der Waals surface area contributed by atoms with Crippen molar-refractivity contribution in [3.05, 3.63) is 35.4 Å². The molecule has 0 saturated carbocycles. The van der Waals surface area contributed by atoms with Crippen LogP contribution in [0.5, 0.6) is 0 Å². The van der Waals surface area contributed by atoms with Crippen LogP contribution < -0.4 is 0 Å². The molecule has 25 heavy (non-hydrogen) atoms. The lowest BCUT2D eigenvalue weighted by molar-refractivity contribution is -0.120. The Bertz CT molecular complexity index is 645. The van der Waals surface area contributed by atoms with Crippen molar-refractivity contribution >= 4 is 17.8 Å². The third-order valence-electron chi connectivity index (χ3n) is 4.09. The summed E-state index contributed by atoms with van der Waals surface area (Å²) in [6.45, 7) is 6.28. The van der Waals surface area contributed by atoms with E-state index in [0.29, 0.717) is 31.5 Å². The third-order valence-corrected chi connectivity index (χ3v) is 4.09. The van der Waals surface area contributed by atoms with Crippen molar-refractivity contribution in [2.45, 2.75) is 45.1 Å². The fraction of sp³-hybridized carbons (Fsp3) is 0.526.